The maximum absolute atomic E-state index is 10.6. The lowest BCUT2D eigenvalue weighted by molar-refractivity contribution is -0.150. The first-order chi connectivity index (χ1) is 7.26. The zero-order valence-electron chi connectivity index (χ0n) is 9.58. The van der Waals surface area contributed by atoms with Crippen LogP contribution in [0.5, 0.6) is 0 Å². The van der Waals surface area contributed by atoms with E-state index in [-0.39, 0.29) is 6.61 Å². The Morgan fingerprint density at radius 2 is 2.19 bits per heavy atom. The van der Waals surface area contributed by atoms with Gasteiger partial charge in [0.25, 0.3) is 0 Å². The second-order valence-corrected chi connectivity index (χ2v) is 4.30. The number of rotatable bonds is 3. The minimum absolute atomic E-state index is 0.150. The summed E-state index contributed by atoms with van der Waals surface area (Å²) in [5, 5.41) is 29.1. The molecule has 0 bridgehead atoms. The quantitative estimate of drug-likeness (QED) is 0.531. The topological polar surface area (TPSA) is 96.2 Å². The third kappa shape index (κ3) is 2.52. The molecule has 0 aliphatic carbocycles. The van der Waals surface area contributed by atoms with Crippen LogP contribution in [-0.4, -0.2) is 57.9 Å². The van der Waals surface area contributed by atoms with Crippen LogP contribution in [0.1, 0.15) is 20.8 Å². The van der Waals surface area contributed by atoms with Crippen LogP contribution < -0.4 is 0 Å². The lowest BCUT2D eigenvalue weighted by Gasteiger charge is -2.26. The molecule has 1 rings (SSSR count). The van der Waals surface area contributed by atoms with Gasteiger partial charge in [0.1, 0.15) is 30.5 Å². The minimum atomic E-state index is -1.54. The molecule has 1 saturated heterocycles. The van der Waals surface area contributed by atoms with Crippen LogP contribution in [0.25, 0.3) is 0 Å². The molecular weight excluding hydrogens is 216 g/mol. The highest BCUT2D eigenvalue weighted by atomic mass is 16.6. The summed E-state index contributed by atoms with van der Waals surface area (Å²) in [7, 11) is 0. The summed E-state index contributed by atoms with van der Waals surface area (Å²) in [6, 6.07) is 0. The highest BCUT2D eigenvalue weighted by Crippen LogP contribution is 2.32. The minimum Gasteiger partial charge on any atom is -0.463 e. The monoisotopic (exact) mass is 234 g/mol. The van der Waals surface area contributed by atoms with E-state index < -0.39 is 36.0 Å². The Labute approximate surface area is 93.8 Å². The predicted molar refractivity (Wildman–Crippen MR) is 53.6 cm³/mol. The fourth-order valence-electron chi connectivity index (χ4n) is 1.70. The van der Waals surface area contributed by atoms with Crippen molar-refractivity contribution < 1.29 is 29.6 Å². The summed E-state index contributed by atoms with van der Waals surface area (Å²) < 4.78 is 9.99. The van der Waals surface area contributed by atoms with Crippen LogP contribution in [0.3, 0.4) is 0 Å². The second kappa shape index (κ2) is 4.67. The molecule has 6 heteroatoms. The highest BCUT2D eigenvalue weighted by Gasteiger charge is 2.53. The van der Waals surface area contributed by atoms with Gasteiger partial charge < -0.3 is 24.8 Å². The number of ether oxygens (including phenoxy) is 2. The van der Waals surface area contributed by atoms with Crippen molar-refractivity contribution in [2.24, 2.45) is 0 Å². The molecule has 3 N–H and O–H groups in total. The molecule has 94 valence electrons. The normalized spacial score (nSPS) is 40.8. The lowest BCUT2D eigenvalue weighted by Crippen LogP contribution is -2.48. The SMILES string of the molecule is CC(=O)OC[C@@H]1O[C@H](C(C)O)[C@@H](O)[C@@]1(C)O. The number of carbonyl (C=O) groups excluding carboxylic acids is 1. The van der Waals surface area contributed by atoms with Crippen LogP contribution in [-0.2, 0) is 14.3 Å². The molecule has 0 radical (unpaired) electrons. The van der Waals surface area contributed by atoms with E-state index in [0.29, 0.717) is 0 Å². The summed E-state index contributed by atoms with van der Waals surface area (Å²) in [5.41, 5.74) is -1.54. The fourth-order valence-corrected chi connectivity index (χ4v) is 1.70. The maximum atomic E-state index is 10.6. The van der Waals surface area contributed by atoms with Gasteiger partial charge in [-0.2, -0.15) is 0 Å². The summed E-state index contributed by atoms with van der Waals surface area (Å²) in [6.07, 6.45) is -3.85. The van der Waals surface area contributed by atoms with E-state index >= 15 is 0 Å². The number of hydrogen-bond donors (Lipinski definition) is 3. The number of hydrogen-bond acceptors (Lipinski definition) is 6. The largest absolute Gasteiger partial charge is 0.463 e. The average Bonchev–Trinajstić information content (AvgIpc) is 2.36. The van der Waals surface area contributed by atoms with Gasteiger partial charge in [0.15, 0.2) is 0 Å². The Morgan fingerprint density at radius 1 is 1.62 bits per heavy atom. The summed E-state index contributed by atoms with van der Waals surface area (Å²) in [5.74, 6) is -0.491. The Balaban J connectivity index is 2.69. The molecule has 0 aromatic rings. The van der Waals surface area contributed by atoms with Crippen molar-refractivity contribution in [3.63, 3.8) is 0 Å². The van der Waals surface area contributed by atoms with E-state index in [1.54, 1.807) is 0 Å². The Hall–Kier alpha value is -0.690. The van der Waals surface area contributed by atoms with Crippen LogP contribution in [0, 0.1) is 0 Å². The zero-order valence-corrected chi connectivity index (χ0v) is 9.58. The standard InChI is InChI=1S/C10H18O6/c1-5(11)8-9(13)10(3,14)7(16-8)4-15-6(2)12/h5,7-9,11,13-14H,4H2,1-3H3/t5?,7-,8+,9+,10-/m0/s1. The summed E-state index contributed by atoms with van der Waals surface area (Å²) in [4.78, 5) is 10.6. The first kappa shape index (κ1) is 13.4. The molecule has 0 saturated carbocycles. The Morgan fingerprint density at radius 3 is 2.56 bits per heavy atom. The van der Waals surface area contributed by atoms with Gasteiger partial charge in [-0.3, -0.25) is 4.79 Å². The van der Waals surface area contributed by atoms with Crippen LogP contribution in [0.2, 0.25) is 0 Å². The number of esters is 1. The molecule has 6 nitrogen and oxygen atoms in total. The third-order valence-electron chi connectivity index (χ3n) is 2.80. The van der Waals surface area contributed by atoms with Crippen molar-refractivity contribution in [2.45, 2.75) is 50.8 Å². The Bertz CT molecular complexity index is 262. The van der Waals surface area contributed by atoms with Crippen LogP contribution >= 0.6 is 0 Å². The molecule has 16 heavy (non-hydrogen) atoms. The van der Waals surface area contributed by atoms with E-state index in [4.69, 9.17) is 9.47 Å². The van der Waals surface area contributed by atoms with Gasteiger partial charge in [-0.15, -0.1) is 0 Å². The highest BCUT2D eigenvalue weighted by molar-refractivity contribution is 5.65. The van der Waals surface area contributed by atoms with Crippen molar-refractivity contribution in [1.82, 2.24) is 0 Å². The first-order valence-electron chi connectivity index (χ1n) is 5.14. The molecule has 1 fully saturated rings. The maximum Gasteiger partial charge on any atom is 0.302 e. The third-order valence-corrected chi connectivity index (χ3v) is 2.80. The van der Waals surface area contributed by atoms with E-state index in [2.05, 4.69) is 0 Å². The van der Waals surface area contributed by atoms with Crippen molar-refractivity contribution >= 4 is 5.97 Å². The number of aliphatic hydroxyl groups excluding tert-OH is 2. The van der Waals surface area contributed by atoms with Gasteiger partial charge in [-0.25, -0.2) is 0 Å². The molecule has 0 aromatic heterocycles. The lowest BCUT2D eigenvalue weighted by atomic mass is 9.92. The van der Waals surface area contributed by atoms with E-state index in [1.807, 2.05) is 0 Å². The van der Waals surface area contributed by atoms with E-state index in [9.17, 15) is 20.1 Å². The van der Waals surface area contributed by atoms with Crippen molar-refractivity contribution in [2.75, 3.05) is 6.61 Å². The molecule has 0 spiro atoms. The van der Waals surface area contributed by atoms with Gasteiger partial charge in [-0.05, 0) is 13.8 Å². The molecule has 1 heterocycles. The molecule has 1 aliphatic heterocycles. The second-order valence-electron chi connectivity index (χ2n) is 4.30. The molecular formula is C10H18O6. The molecule has 5 atom stereocenters. The van der Waals surface area contributed by atoms with Gasteiger partial charge in [0.2, 0.25) is 0 Å². The van der Waals surface area contributed by atoms with Gasteiger partial charge in [-0.1, -0.05) is 0 Å². The van der Waals surface area contributed by atoms with Crippen molar-refractivity contribution in [1.29, 1.82) is 0 Å². The molecule has 1 aliphatic rings. The van der Waals surface area contributed by atoms with Crippen molar-refractivity contribution in [3.05, 3.63) is 0 Å². The van der Waals surface area contributed by atoms with E-state index in [1.165, 1.54) is 20.8 Å². The van der Waals surface area contributed by atoms with E-state index in [0.717, 1.165) is 0 Å². The number of carbonyl (C=O) groups is 1. The van der Waals surface area contributed by atoms with Gasteiger partial charge >= 0.3 is 5.97 Å². The summed E-state index contributed by atoms with van der Waals surface area (Å²) in [6.45, 7) is 3.93. The Kier molecular flexibility index (Phi) is 3.90. The first-order valence-corrected chi connectivity index (χ1v) is 5.14. The summed E-state index contributed by atoms with van der Waals surface area (Å²) >= 11 is 0. The zero-order chi connectivity index (χ0) is 12.5. The van der Waals surface area contributed by atoms with Gasteiger partial charge in [0, 0.05) is 6.92 Å². The molecule has 1 unspecified atom stereocenters. The van der Waals surface area contributed by atoms with Crippen molar-refractivity contribution in [3.8, 4) is 0 Å². The van der Waals surface area contributed by atoms with Crippen LogP contribution in [0.15, 0.2) is 0 Å². The molecule has 0 aromatic carbocycles. The number of aliphatic hydroxyl groups is 3. The van der Waals surface area contributed by atoms with Gasteiger partial charge in [0.05, 0.1) is 6.10 Å². The van der Waals surface area contributed by atoms with Crippen LogP contribution in [0.4, 0.5) is 0 Å². The smallest absolute Gasteiger partial charge is 0.302 e. The fraction of sp³-hybridized carbons (Fsp3) is 0.900. The average molecular weight is 234 g/mol. The predicted octanol–water partition coefficient (Wildman–Crippen LogP) is -1.19. The molecule has 0 amide bonds.